The highest BCUT2D eigenvalue weighted by Gasteiger charge is 2.27. The molecular formula is C17H27N5O4. The average Bonchev–Trinajstić information content (AvgIpc) is 2.56. The van der Waals surface area contributed by atoms with Crippen LogP contribution in [-0.4, -0.2) is 71.7 Å². The van der Waals surface area contributed by atoms with Gasteiger partial charge in [0.1, 0.15) is 11.6 Å². The largest absolute Gasteiger partial charge is 0.444 e. The molecule has 0 spiro atoms. The molecule has 2 heterocycles. The van der Waals surface area contributed by atoms with Crippen LogP contribution in [0.1, 0.15) is 33.6 Å². The molecule has 3 N–H and O–H groups in total. The van der Waals surface area contributed by atoms with Crippen LogP contribution in [0.3, 0.4) is 0 Å². The fraction of sp³-hybridized carbons (Fsp3) is 0.647. The maximum Gasteiger partial charge on any atom is 0.410 e. The lowest BCUT2D eigenvalue weighted by molar-refractivity contribution is -0.133. The van der Waals surface area contributed by atoms with E-state index in [9.17, 15) is 14.4 Å². The molecule has 0 bridgehead atoms. The second-order valence-corrected chi connectivity index (χ2v) is 7.29. The van der Waals surface area contributed by atoms with Gasteiger partial charge in [-0.15, -0.1) is 0 Å². The molecule has 1 atom stereocenters. The van der Waals surface area contributed by atoms with Crippen LogP contribution in [-0.2, 0) is 14.3 Å². The number of aliphatic imine (C=N–C) groups is 1. The molecule has 2 aliphatic rings. The average molecular weight is 365 g/mol. The highest BCUT2D eigenvalue weighted by atomic mass is 16.6. The monoisotopic (exact) mass is 365 g/mol. The number of nitrogens with one attached hydrogen (secondary N) is 1. The van der Waals surface area contributed by atoms with Crippen molar-refractivity contribution in [3.05, 3.63) is 11.9 Å². The number of allylic oxidation sites excluding steroid dienone is 1. The standard InChI is InChI=1S/C17H27N5O4/c1-17(2,3)26-16(25)22-8-6-21(7-9-22)12(10-18)11-19-13-4-5-14(23)20-15(13)24/h10-11,13H,4-9,18H2,1-3H3,(H,20,23,24). The Morgan fingerprint density at radius 3 is 2.38 bits per heavy atom. The Morgan fingerprint density at radius 1 is 1.23 bits per heavy atom. The number of nitrogens with zero attached hydrogens (tertiary/aromatic N) is 3. The Balaban J connectivity index is 1.88. The van der Waals surface area contributed by atoms with Crippen LogP contribution >= 0.6 is 0 Å². The highest BCUT2D eigenvalue weighted by Crippen LogP contribution is 2.14. The lowest BCUT2D eigenvalue weighted by atomic mass is 10.1. The van der Waals surface area contributed by atoms with Gasteiger partial charge >= 0.3 is 6.09 Å². The number of nitrogens with two attached hydrogens (primary N) is 1. The molecular weight excluding hydrogens is 338 g/mol. The third-order valence-electron chi connectivity index (χ3n) is 4.06. The Labute approximate surface area is 153 Å². The minimum Gasteiger partial charge on any atom is -0.444 e. The zero-order valence-corrected chi connectivity index (χ0v) is 15.5. The molecule has 9 nitrogen and oxygen atoms in total. The summed E-state index contributed by atoms with van der Waals surface area (Å²) < 4.78 is 5.38. The summed E-state index contributed by atoms with van der Waals surface area (Å²) in [6.07, 6.45) is 3.34. The number of carbonyl (C=O) groups excluding carboxylic acids is 3. The van der Waals surface area contributed by atoms with Gasteiger partial charge in [0.15, 0.2) is 0 Å². The van der Waals surface area contributed by atoms with E-state index in [0.29, 0.717) is 38.3 Å². The van der Waals surface area contributed by atoms with Gasteiger partial charge < -0.3 is 20.3 Å². The molecule has 0 aromatic rings. The minimum atomic E-state index is -0.578. The van der Waals surface area contributed by atoms with Crippen molar-refractivity contribution >= 4 is 24.1 Å². The van der Waals surface area contributed by atoms with E-state index in [4.69, 9.17) is 10.5 Å². The number of ether oxygens (including phenoxy) is 1. The number of imide groups is 1. The molecule has 0 aliphatic carbocycles. The van der Waals surface area contributed by atoms with E-state index in [0.717, 1.165) is 0 Å². The van der Waals surface area contributed by atoms with Crippen molar-refractivity contribution in [2.75, 3.05) is 26.2 Å². The first-order valence-corrected chi connectivity index (χ1v) is 8.71. The first kappa shape index (κ1) is 19.7. The van der Waals surface area contributed by atoms with Crippen molar-refractivity contribution in [3.63, 3.8) is 0 Å². The minimum absolute atomic E-state index is 0.269. The highest BCUT2D eigenvalue weighted by molar-refractivity contribution is 6.01. The molecule has 0 aromatic heterocycles. The van der Waals surface area contributed by atoms with Crippen molar-refractivity contribution in [2.45, 2.75) is 45.3 Å². The summed E-state index contributed by atoms with van der Waals surface area (Å²) in [7, 11) is 0. The summed E-state index contributed by atoms with van der Waals surface area (Å²) in [5.74, 6) is -0.655. The van der Waals surface area contributed by atoms with Gasteiger partial charge in [0.25, 0.3) is 5.91 Å². The Hall–Kier alpha value is -2.58. The van der Waals surface area contributed by atoms with E-state index in [1.165, 1.54) is 6.20 Å². The predicted molar refractivity (Wildman–Crippen MR) is 96.3 cm³/mol. The van der Waals surface area contributed by atoms with Crippen LogP contribution in [0.2, 0.25) is 0 Å². The summed E-state index contributed by atoms with van der Waals surface area (Å²) >= 11 is 0. The number of hydrogen-bond acceptors (Lipinski definition) is 7. The SMILES string of the molecule is CC(C)(C)OC(=O)N1CCN(C(C=NC2CCC(=O)NC2=O)=CN)CC1. The van der Waals surface area contributed by atoms with Crippen LogP contribution in [0.25, 0.3) is 0 Å². The van der Waals surface area contributed by atoms with Gasteiger partial charge in [0.05, 0.1) is 5.70 Å². The van der Waals surface area contributed by atoms with Gasteiger partial charge in [-0.25, -0.2) is 4.79 Å². The van der Waals surface area contributed by atoms with Crippen LogP contribution in [0.4, 0.5) is 4.79 Å². The van der Waals surface area contributed by atoms with E-state index in [2.05, 4.69) is 10.3 Å². The molecule has 144 valence electrons. The van der Waals surface area contributed by atoms with Gasteiger partial charge in [0.2, 0.25) is 5.91 Å². The molecule has 2 aliphatic heterocycles. The van der Waals surface area contributed by atoms with E-state index in [1.807, 2.05) is 25.7 Å². The summed E-state index contributed by atoms with van der Waals surface area (Å²) in [5.41, 5.74) is 5.86. The fourth-order valence-corrected chi connectivity index (χ4v) is 2.69. The number of rotatable bonds is 3. The Kier molecular flexibility index (Phi) is 6.23. The van der Waals surface area contributed by atoms with Crippen LogP contribution in [0.15, 0.2) is 16.9 Å². The topological polar surface area (TPSA) is 117 Å². The molecule has 2 fully saturated rings. The molecule has 26 heavy (non-hydrogen) atoms. The van der Waals surface area contributed by atoms with Gasteiger partial charge in [-0.05, 0) is 27.2 Å². The van der Waals surface area contributed by atoms with Gasteiger partial charge in [-0.3, -0.25) is 19.9 Å². The summed E-state index contributed by atoms with van der Waals surface area (Å²) in [5, 5.41) is 2.27. The van der Waals surface area contributed by atoms with E-state index in [-0.39, 0.29) is 24.3 Å². The van der Waals surface area contributed by atoms with Crippen molar-refractivity contribution in [1.82, 2.24) is 15.1 Å². The number of amides is 3. The van der Waals surface area contributed by atoms with Crippen LogP contribution in [0.5, 0.6) is 0 Å². The number of hydrogen-bond donors (Lipinski definition) is 2. The Morgan fingerprint density at radius 2 is 1.85 bits per heavy atom. The molecule has 0 radical (unpaired) electrons. The van der Waals surface area contributed by atoms with E-state index in [1.54, 1.807) is 11.1 Å². The first-order valence-electron chi connectivity index (χ1n) is 8.71. The lowest BCUT2D eigenvalue weighted by Gasteiger charge is -2.36. The van der Waals surface area contributed by atoms with Crippen molar-refractivity contribution in [2.24, 2.45) is 10.7 Å². The quantitative estimate of drug-likeness (QED) is 0.546. The number of piperazine rings is 1. The molecule has 0 saturated carbocycles. The normalized spacial score (nSPS) is 22.6. The van der Waals surface area contributed by atoms with Crippen molar-refractivity contribution in [1.29, 1.82) is 0 Å². The molecule has 1 unspecified atom stereocenters. The molecule has 2 saturated heterocycles. The zero-order chi connectivity index (χ0) is 19.3. The van der Waals surface area contributed by atoms with E-state index >= 15 is 0 Å². The molecule has 2 rings (SSSR count). The van der Waals surface area contributed by atoms with Gasteiger partial charge in [0, 0.05) is 45.0 Å². The third kappa shape index (κ3) is 5.47. The second-order valence-electron chi connectivity index (χ2n) is 7.29. The van der Waals surface area contributed by atoms with Crippen LogP contribution in [0, 0.1) is 0 Å². The fourth-order valence-electron chi connectivity index (χ4n) is 2.69. The van der Waals surface area contributed by atoms with Gasteiger partial charge in [-0.1, -0.05) is 0 Å². The number of piperidine rings is 1. The second kappa shape index (κ2) is 8.20. The first-order chi connectivity index (χ1) is 12.2. The Bertz CT molecular complexity index is 615. The summed E-state index contributed by atoms with van der Waals surface area (Å²) in [6.45, 7) is 7.70. The molecule has 9 heteroatoms. The van der Waals surface area contributed by atoms with E-state index < -0.39 is 11.6 Å². The van der Waals surface area contributed by atoms with Gasteiger partial charge in [-0.2, -0.15) is 0 Å². The van der Waals surface area contributed by atoms with Crippen molar-refractivity contribution < 1.29 is 19.1 Å². The molecule has 3 amide bonds. The maximum atomic E-state index is 12.1. The summed E-state index contributed by atoms with van der Waals surface area (Å²) in [4.78, 5) is 42.9. The lowest BCUT2D eigenvalue weighted by Crippen LogP contribution is -2.50. The van der Waals surface area contributed by atoms with Crippen molar-refractivity contribution in [3.8, 4) is 0 Å². The molecule has 0 aromatic carbocycles. The third-order valence-corrected chi connectivity index (χ3v) is 4.06. The smallest absolute Gasteiger partial charge is 0.410 e. The summed E-state index contributed by atoms with van der Waals surface area (Å²) in [6, 6.07) is -0.578. The predicted octanol–water partition coefficient (Wildman–Crippen LogP) is 0.215. The maximum absolute atomic E-state index is 12.1. The van der Waals surface area contributed by atoms with Crippen LogP contribution < -0.4 is 11.1 Å². The zero-order valence-electron chi connectivity index (χ0n) is 15.5. The number of carbonyl (C=O) groups is 3.